The van der Waals surface area contributed by atoms with Gasteiger partial charge in [-0.2, -0.15) is 0 Å². The fourth-order valence-electron chi connectivity index (χ4n) is 3.05. The third-order valence-corrected chi connectivity index (χ3v) is 4.34. The number of nitrogens with one attached hydrogen (secondary N) is 1. The zero-order chi connectivity index (χ0) is 16.8. The average molecular weight is 329 g/mol. The summed E-state index contributed by atoms with van der Waals surface area (Å²) in [5, 5.41) is 11.2. The zero-order valence-electron chi connectivity index (χ0n) is 14.0. The summed E-state index contributed by atoms with van der Waals surface area (Å²) in [5.74, 6) is 1.62. The highest BCUT2D eigenvalue weighted by atomic mass is 16.5. The van der Waals surface area contributed by atoms with Crippen LogP contribution in [0.1, 0.15) is 44.4 Å². The largest absolute Gasteiger partial charge is 0.496 e. The maximum Gasteiger partial charge on any atom is 0.251 e. The highest BCUT2D eigenvalue weighted by molar-refractivity contribution is 5.76. The Bertz CT molecular complexity index is 678. The second-order valence-corrected chi connectivity index (χ2v) is 6.10. The Morgan fingerprint density at radius 3 is 2.83 bits per heavy atom. The van der Waals surface area contributed by atoms with E-state index in [1.54, 1.807) is 7.11 Å². The molecule has 1 heterocycles. The van der Waals surface area contributed by atoms with Gasteiger partial charge in [0.05, 0.1) is 12.7 Å². The van der Waals surface area contributed by atoms with E-state index in [0.717, 1.165) is 18.4 Å². The van der Waals surface area contributed by atoms with Crippen molar-refractivity contribution in [2.24, 2.45) is 0 Å². The lowest BCUT2D eigenvalue weighted by molar-refractivity contribution is -0.122. The molecule has 0 bridgehead atoms. The Morgan fingerprint density at radius 2 is 2.04 bits per heavy atom. The van der Waals surface area contributed by atoms with Crippen LogP contribution >= 0.6 is 0 Å². The molecule has 0 unspecified atom stereocenters. The van der Waals surface area contributed by atoms with Crippen LogP contribution in [0, 0.1) is 0 Å². The molecule has 6 heteroatoms. The Morgan fingerprint density at radius 1 is 1.25 bits per heavy atom. The number of aromatic nitrogens is 2. The van der Waals surface area contributed by atoms with Crippen molar-refractivity contribution in [3.63, 3.8) is 0 Å². The fraction of sp³-hybridized carbons (Fsp3) is 0.500. The summed E-state index contributed by atoms with van der Waals surface area (Å²) < 4.78 is 11.0. The van der Waals surface area contributed by atoms with Gasteiger partial charge in [-0.15, -0.1) is 10.2 Å². The predicted molar refractivity (Wildman–Crippen MR) is 89.6 cm³/mol. The Kier molecular flexibility index (Phi) is 5.46. The molecule has 0 atom stereocenters. The maximum atomic E-state index is 12.0. The monoisotopic (exact) mass is 329 g/mol. The van der Waals surface area contributed by atoms with E-state index in [-0.39, 0.29) is 5.91 Å². The van der Waals surface area contributed by atoms with Crippen LogP contribution in [0.2, 0.25) is 0 Å². The molecule has 1 aliphatic carbocycles. The summed E-state index contributed by atoms with van der Waals surface area (Å²) in [7, 11) is 1.60. The minimum absolute atomic E-state index is 0.0546. The van der Waals surface area contributed by atoms with Crippen LogP contribution in [-0.4, -0.2) is 29.3 Å². The van der Waals surface area contributed by atoms with Crippen LogP contribution in [0.15, 0.2) is 28.7 Å². The minimum atomic E-state index is 0.0546. The lowest BCUT2D eigenvalue weighted by Crippen LogP contribution is -2.36. The number of ether oxygens (including phenoxy) is 1. The van der Waals surface area contributed by atoms with E-state index in [4.69, 9.17) is 9.15 Å². The van der Waals surface area contributed by atoms with Crippen LogP contribution in [0.3, 0.4) is 0 Å². The molecular weight excluding hydrogens is 306 g/mol. The number of aryl methyl sites for hydroxylation is 1. The molecule has 0 spiro atoms. The van der Waals surface area contributed by atoms with Crippen LogP contribution in [0.25, 0.3) is 11.5 Å². The molecule has 24 heavy (non-hydrogen) atoms. The van der Waals surface area contributed by atoms with Crippen molar-refractivity contribution >= 4 is 5.91 Å². The van der Waals surface area contributed by atoms with E-state index in [1.165, 1.54) is 19.3 Å². The molecule has 1 fully saturated rings. The number of nitrogens with zero attached hydrogens (tertiary/aromatic N) is 2. The van der Waals surface area contributed by atoms with Crippen LogP contribution in [0.5, 0.6) is 5.75 Å². The van der Waals surface area contributed by atoms with Gasteiger partial charge >= 0.3 is 0 Å². The normalized spacial score (nSPS) is 15.2. The summed E-state index contributed by atoms with van der Waals surface area (Å²) in [6.07, 6.45) is 6.67. The molecule has 1 aliphatic rings. The number of carbonyl (C=O) groups excluding carboxylic acids is 1. The molecule has 0 saturated heterocycles. The van der Waals surface area contributed by atoms with E-state index in [2.05, 4.69) is 15.5 Å². The molecule has 1 amide bonds. The van der Waals surface area contributed by atoms with Crippen LogP contribution in [0.4, 0.5) is 0 Å². The van der Waals surface area contributed by atoms with Gasteiger partial charge in [0.1, 0.15) is 5.75 Å². The molecule has 1 N–H and O–H groups in total. The highest BCUT2D eigenvalue weighted by Gasteiger charge is 2.17. The fourth-order valence-corrected chi connectivity index (χ4v) is 3.05. The first-order valence-corrected chi connectivity index (χ1v) is 8.51. The van der Waals surface area contributed by atoms with E-state index in [1.807, 2.05) is 24.3 Å². The second kappa shape index (κ2) is 7.95. The van der Waals surface area contributed by atoms with Gasteiger partial charge in [-0.1, -0.05) is 31.4 Å². The SMILES string of the molecule is COc1ccccc1-c1nnc(CCC(=O)NC2CCCCC2)o1. The van der Waals surface area contributed by atoms with Gasteiger partial charge in [0.2, 0.25) is 11.8 Å². The topological polar surface area (TPSA) is 77.2 Å². The number of hydrogen-bond donors (Lipinski definition) is 1. The lowest BCUT2D eigenvalue weighted by Gasteiger charge is -2.22. The smallest absolute Gasteiger partial charge is 0.251 e. The molecule has 0 aliphatic heterocycles. The van der Waals surface area contributed by atoms with Gasteiger partial charge in [-0.3, -0.25) is 4.79 Å². The second-order valence-electron chi connectivity index (χ2n) is 6.10. The third kappa shape index (κ3) is 4.13. The third-order valence-electron chi connectivity index (χ3n) is 4.34. The standard InChI is InChI=1S/C18H23N3O3/c1-23-15-10-6-5-9-14(15)18-21-20-17(24-18)12-11-16(22)19-13-7-3-2-4-8-13/h5-6,9-10,13H,2-4,7-8,11-12H2,1H3,(H,19,22). The number of rotatable bonds is 6. The first kappa shape index (κ1) is 16.5. The van der Waals surface area contributed by atoms with E-state index >= 15 is 0 Å². The molecule has 0 radical (unpaired) electrons. The van der Waals surface area contributed by atoms with Crippen molar-refractivity contribution in [1.82, 2.24) is 15.5 Å². The van der Waals surface area contributed by atoms with Gasteiger partial charge in [0.15, 0.2) is 0 Å². The van der Waals surface area contributed by atoms with Gasteiger partial charge < -0.3 is 14.5 Å². The number of amides is 1. The summed E-state index contributed by atoms with van der Waals surface area (Å²) >= 11 is 0. The Hall–Kier alpha value is -2.37. The van der Waals surface area contributed by atoms with E-state index in [9.17, 15) is 4.79 Å². The molecule has 1 saturated carbocycles. The summed E-state index contributed by atoms with van der Waals surface area (Å²) in [6, 6.07) is 7.81. The maximum absolute atomic E-state index is 12.0. The van der Waals surface area contributed by atoms with Gasteiger partial charge in [0, 0.05) is 18.9 Å². The predicted octanol–water partition coefficient (Wildman–Crippen LogP) is 3.13. The van der Waals surface area contributed by atoms with Crippen LogP contribution < -0.4 is 10.1 Å². The number of para-hydroxylation sites is 1. The van der Waals surface area contributed by atoms with Crippen molar-refractivity contribution in [3.05, 3.63) is 30.2 Å². The summed E-state index contributed by atoms with van der Waals surface area (Å²) in [6.45, 7) is 0. The molecule has 6 nitrogen and oxygen atoms in total. The first-order valence-electron chi connectivity index (χ1n) is 8.51. The van der Waals surface area contributed by atoms with Gasteiger partial charge in [-0.25, -0.2) is 0 Å². The summed E-state index contributed by atoms with van der Waals surface area (Å²) in [5.41, 5.74) is 0.755. The Balaban J connectivity index is 1.55. The number of methoxy groups -OCH3 is 1. The molecule has 1 aromatic heterocycles. The number of carbonyl (C=O) groups is 1. The van der Waals surface area contributed by atoms with Crippen molar-refractivity contribution < 1.29 is 13.9 Å². The zero-order valence-corrected chi connectivity index (χ0v) is 14.0. The van der Waals surface area contributed by atoms with Gasteiger partial charge in [-0.05, 0) is 25.0 Å². The van der Waals surface area contributed by atoms with Crippen molar-refractivity contribution in [1.29, 1.82) is 0 Å². The van der Waals surface area contributed by atoms with Crippen molar-refractivity contribution in [2.45, 2.75) is 51.0 Å². The molecule has 3 rings (SSSR count). The minimum Gasteiger partial charge on any atom is -0.496 e. The highest BCUT2D eigenvalue weighted by Crippen LogP contribution is 2.28. The molecular formula is C18H23N3O3. The summed E-state index contributed by atoms with van der Waals surface area (Å²) in [4.78, 5) is 12.0. The quantitative estimate of drug-likeness (QED) is 0.881. The number of benzene rings is 1. The average Bonchev–Trinajstić information content (AvgIpc) is 3.09. The van der Waals surface area contributed by atoms with E-state index < -0.39 is 0 Å². The molecule has 2 aromatic rings. The molecule has 128 valence electrons. The van der Waals surface area contributed by atoms with E-state index in [0.29, 0.717) is 36.4 Å². The first-order chi connectivity index (χ1) is 11.8. The molecule has 1 aromatic carbocycles. The van der Waals surface area contributed by atoms with Crippen molar-refractivity contribution in [3.8, 4) is 17.2 Å². The number of hydrogen-bond acceptors (Lipinski definition) is 5. The van der Waals surface area contributed by atoms with Crippen LogP contribution in [-0.2, 0) is 11.2 Å². The van der Waals surface area contributed by atoms with Gasteiger partial charge in [0.25, 0.3) is 5.89 Å². The van der Waals surface area contributed by atoms with Crippen molar-refractivity contribution in [2.75, 3.05) is 7.11 Å². The Labute approximate surface area is 141 Å². The lowest BCUT2D eigenvalue weighted by atomic mass is 9.95.